The highest BCUT2D eigenvalue weighted by Crippen LogP contribution is 2.22. The molecule has 2 aliphatic heterocycles. The van der Waals surface area contributed by atoms with Crippen LogP contribution < -0.4 is 81.8 Å². The van der Waals surface area contributed by atoms with Gasteiger partial charge in [0.25, 0.3) is 0 Å². The van der Waals surface area contributed by atoms with Gasteiger partial charge < -0.3 is 91.6 Å². The summed E-state index contributed by atoms with van der Waals surface area (Å²) in [5.41, 5.74) is 29.4. The van der Waals surface area contributed by atoms with E-state index in [1.807, 2.05) is 13.8 Å². The second kappa shape index (κ2) is 40.6. The molecule has 0 bridgehead atoms. The molecule has 0 radical (unpaired) electrons. The molecule has 1 aromatic rings. The Morgan fingerprint density at radius 1 is 0.534 bits per heavy atom. The molecule has 88 heavy (non-hydrogen) atoms. The SMILES string of the molecule is CC(C)C[C@H](NC(=O)[C@H](CCCCN)NC(=O)[C@H](CCCCN)NC(=O)[C@H](CC(C)C)NC(=O)[C@@H]1CCCN1C(=O)[C@H](CCCCN)NC(=O)[C@@H]1CCCN1)C(=O)N[C@@H](CCCNC(N)N)C(=O)N[C@@H](Cc1ccccc1)C(=O)N[C@@H](CC(=O)O)C(=O)O. The number of likely N-dealkylation sites (tertiary alicyclic amines) is 1. The zero-order valence-corrected chi connectivity index (χ0v) is 51.8. The lowest BCUT2D eigenvalue weighted by atomic mass is 9.99. The molecule has 29 nitrogen and oxygen atoms in total. The molecule has 10 atom stereocenters. The molecule has 2 heterocycles. The Hall–Kier alpha value is -6.89. The number of hydrogen-bond acceptors (Lipinski definition) is 18. The first-order valence-electron chi connectivity index (χ1n) is 31.2. The third kappa shape index (κ3) is 27.7. The maximum Gasteiger partial charge on any atom is 0.326 e. The number of carboxylic acid groups (broad SMARTS) is 2. The van der Waals surface area contributed by atoms with Gasteiger partial charge in [-0.25, -0.2) is 4.79 Å². The molecule has 2 fully saturated rings. The van der Waals surface area contributed by atoms with Crippen molar-refractivity contribution >= 4 is 65.1 Å². The Morgan fingerprint density at radius 3 is 1.44 bits per heavy atom. The third-order valence-electron chi connectivity index (χ3n) is 15.2. The van der Waals surface area contributed by atoms with E-state index in [-0.39, 0.29) is 88.9 Å². The minimum absolute atomic E-state index is 0.0374. The predicted octanol–water partition coefficient (Wildman–Crippen LogP) is -2.54. The van der Waals surface area contributed by atoms with E-state index in [1.54, 1.807) is 44.2 Å². The average molecular weight is 1240 g/mol. The second-order valence-corrected chi connectivity index (χ2v) is 23.7. The van der Waals surface area contributed by atoms with Crippen molar-refractivity contribution in [3.8, 4) is 0 Å². The Kier molecular flexibility index (Phi) is 34.8. The van der Waals surface area contributed by atoms with Crippen LogP contribution in [0, 0.1) is 11.8 Å². The first-order chi connectivity index (χ1) is 41.9. The maximum absolute atomic E-state index is 14.6. The van der Waals surface area contributed by atoms with Crippen LogP contribution in [-0.4, -0.2) is 186 Å². The van der Waals surface area contributed by atoms with Crippen LogP contribution in [0.3, 0.4) is 0 Å². The molecule has 22 N–H and O–H groups in total. The number of unbranched alkanes of at least 4 members (excludes halogenated alkanes) is 3. The lowest BCUT2D eigenvalue weighted by molar-refractivity contribution is -0.147. The molecular weight excluding hydrogens is 1140 g/mol. The number of benzene rings is 1. The molecular formula is C59H102N16O13. The molecule has 2 aliphatic rings. The van der Waals surface area contributed by atoms with Gasteiger partial charge in [0, 0.05) is 13.0 Å². The number of carbonyl (C=O) groups excluding carboxylic acids is 9. The van der Waals surface area contributed by atoms with E-state index in [4.69, 9.17) is 28.7 Å². The van der Waals surface area contributed by atoms with Crippen molar-refractivity contribution in [2.75, 3.05) is 39.3 Å². The van der Waals surface area contributed by atoms with Crippen LogP contribution in [-0.2, 0) is 59.2 Å². The van der Waals surface area contributed by atoms with Crippen LogP contribution in [0.4, 0.5) is 0 Å². The fourth-order valence-corrected chi connectivity index (χ4v) is 10.5. The molecule has 3 rings (SSSR count). The van der Waals surface area contributed by atoms with Crippen molar-refractivity contribution in [2.45, 2.75) is 216 Å². The van der Waals surface area contributed by atoms with Crippen molar-refractivity contribution in [3.63, 3.8) is 0 Å². The molecule has 0 aromatic heterocycles. The number of nitrogens with two attached hydrogens (primary N) is 5. The Morgan fingerprint density at radius 2 is 0.977 bits per heavy atom. The maximum atomic E-state index is 14.6. The monoisotopic (exact) mass is 1240 g/mol. The third-order valence-corrected chi connectivity index (χ3v) is 15.2. The normalized spacial score (nSPS) is 17.6. The molecule has 0 saturated carbocycles. The van der Waals surface area contributed by atoms with Gasteiger partial charge in [0.05, 0.1) is 12.5 Å². The van der Waals surface area contributed by atoms with Gasteiger partial charge in [0.1, 0.15) is 60.7 Å². The molecule has 0 spiro atoms. The van der Waals surface area contributed by atoms with E-state index in [2.05, 4.69) is 53.2 Å². The molecule has 0 aliphatic carbocycles. The number of carboxylic acids is 2. The minimum Gasteiger partial charge on any atom is -0.481 e. The molecule has 496 valence electrons. The summed E-state index contributed by atoms with van der Waals surface area (Å²) < 4.78 is 0. The summed E-state index contributed by atoms with van der Waals surface area (Å²) in [6.07, 6.45) is 3.85. The summed E-state index contributed by atoms with van der Waals surface area (Å²) in [7, 11) is 0. The molecule has 2 saturated heterocycles. The number of nitrogens with one attached hydrogen (secondary N) is 10. The summed E-state index contributed by atoms with van der Waals surface area (Å²) >= 11 is 0. The van der Waals surface area contributed by atoms with Crippen LogP contribution in [0.2, 0.25) is 0 Å². The van der Waals surface area contributed by atoms with Gasteiger partial charge in [-0.05, 0) is 159 Å². The number of nitrogens with zero attached hydrogens (tertiary/aromatic N) is 1. The van der Waals surface area contributed by atoms with E-state index in [0.29, 0.717) is 82.9 Å². The highest BCUT2D eigenvalue weighted by molar-refractivity contribution is 5.99. The number of hydrogen-bond donors (Lipinski definition) is 17. The van der Waals surface area contributed by atoms with Crippen LogP contribution in [0.15, 0.2) is 30.3 Å². The Bertz CT molecular complexity index is 2400. The van der Waals surface area contributed by atoms with Gasteiger partial charge in [-0.15, -0.1) is 0 Å². The largest absolute Gasteiger partial charge is 0.481 e. The molecule has 29 heteroatoms. The fraction of sp³-hybridized carbons (Fsp3) is 0.712. The lowest BCUT2D eigenvalue weighted by Crippen LogP contribution is -2.60. The van der Waals surface area contributed by atoms with Gasteiger partial charge in [-0.2, -0.15) is 0 Å². The highest BCUT2D eigenvalue weighted by Gasteiger charge is 2.41. The smallest absolute Gasteiger partial charge is 0.326 e. The van der Waals surface area contributed by atoms with Gasteiger partial charge >= 0.3 is 11.9 Å². The first-order valence-corrected chi connectivity index (χ1v) is 31.2. The minimum atomic E-state index is -1.85. The summed E-state index contributed by atoms with van der Waals surface area (Å²) in [4.78, 5) is 153. The van der Waals surface area contributed by atoms with Crippen molar-refractivity contribution in [1.82, 2.24) is 58.1 Å². The van der Waals surface area contributed by atoms with E-state index in [0.717, 1.165) is 6.42 Å². The molecule has 0 unspecified atom stereocenters. The average Bonchev–Trinajstić information content (AvgIpc) is 4.31. The Labute approximate surface area is 516 Å². The van der Waals surface area contributed by atoms with E-state index in [1.165, 1.54) is 4.90 Å². The van der Waals surface area contributed by atoms with E-state index >= 15 is 0 Å². The standard InChI is InChI=1S/C59H102N16O13/c1-35(2)31-43(53(82)69-41(23-15-29-66-59(63)64)52(81)72-45(33-37-17-6-5-7-18-37)55(84)74-46(58(87)88)34-48(76)77)71-51(80)40(20-9-12-26-61)67-50(79)39(19-8-11-25-60)68-54(83)44(32-36(3)4)73-56(85)47-24-16-30-75(47)57(86)42(21-10-13-27-62)70-49(78)38-22-14-28-65-38/h5-7,17-18,35-36,38-47,59,65-66H,8-16,19-34,60-64H2,1-4H3,(H,67,79)(H,68,83)(H,69,82)(H,70,78)(H,71,80)(H,72,81)(H,73,85)(H,74,84)(H,76,77)(H,87,88)/t38-,39-,40-,41-,42-,43-,44-,45-,46-,47-/m0/s1. The van der Waals surface area contributed by atoms with Crippen LogP contribution >= 0.6 is 0 Å². The number of aliphatic carboxylic acids is 2. The number of amides is 9. The number of carbonyl (C=O) groups is 11. The van der Waals surface area contributed by atoms with Crippen molar-refractivity contribution in [2.24, 2.45) is 40.5 Å². The fourth-order valence-electron chi connectivity index (χ4n) is 10.5. The molecule has 1 aromatic carbocycles. The second-order valence-electron chi connectivity index (χ2n) is 23.7. The molecule has 9 amide bonds. The van der Waals surface area contributed by atoms with E-state index in [9.17, 15) is 63.0 Å². The van der Waals surface area contributed by atoms with Crippen molar-refractivity contribution < 1.29 is 63.0 Å². The van der Waals surface area contributed by atoms with Crippen molar-refractivity contribution in [3.05, 3.63) is 35.9 Å². The topological polar surface area (TPSA) is 482 Å². The zero-order chi connectivity index (χ0) is 65.3. The summed E-state index contributed by atoms with van der Waals surface area (Å²) in [6.45, 7) is 9.36. The van der Waals surface area contributed by atoms with Crippen LogP contribution in [0.25, 0.3) is 0 Å². The summed E-state index contributed by atoms with van der Waals surface area (Å²) in [5, 5.41) is 46.7. The van der Waals surface area contributed by atoms with E-state index < -0.39 is 132 Å². The lowest BCUT2D eigenvalue weighted by Gasteiger charge is -2.31. The summed E-state index contributed by atoms with van der Waals surface area (Å²) in [5.74, 6) is -9.65. The van der Waals surface area contributed by atoms with Gasteiger partial charge in [0.15, 0.2) is 0 Å². The first kappa shape index (κ1) is 75.4. The predicted molar refractivity (Wildman–Crippen MR) is 328 cm³/mol. The zero-order valence-electron chi connectivity index (χ0n) is 51.8. The Balaban J connectivity index is 1.91. The van der Waals surface area contributed by atoms with Gasteiger partial charge in [0.2, 0.25) is 53.2 Å². The van der Waals surface area contributed by atoms with Crippen LogP contribution in [0.5, 0.6) is 0 Å². The van der Waals surface area contributed by atoms with Crippen molar-refractivity contribution in [1.29, 1.82) is 0 Å². The quantitative estimate of drug-likeness (QED) is 0.0237. The summed E-state index contributed by atoms with van der Waals surface area (Å²) in [6, 6.07) is -3.59. The van der Waals surface area contributed by atoms with Gasteiger partial charge in [-0.1, -0.05) is 58.0 Å². The number of rotatable bonds is 43. The van der Waals surface area contributed by atoms with Crippen LogP contribution in [0.1, 0.15) is 149 Å². The van der Waals surface area contributed by atoms with Gasteiger partial charge in [-0.3, -0.25) is 53.3 Å². The highest BCUT2D eigenvalue weighted by atomic mass is 16.4.